The SMILES string of the molecule is C=CCNC(=O)C(=O)C(CC(F)(F)F)NC(=O)[C@@H]1[C@H]2[C@@H](CN1C(=O)[C@@H](NC(=O)OC(C)(C)C)C1CCCCC1)C2(C)C. The van der Waals surface area contributed by atoms with E-state index in [1.165, 1.54) is 11.0 Å². The number of hydrogen-bond acceptors (Lipinski definition) is 6. The summed E-state index contributed by atoms with van der Waals surface area (Å²) in [7, 11) is 0. The monoisotopic (exact) mass is 600 g/mol. The Hall–Kier alpha value is -3.12. The average Bonchev–Trinajstić information content (AvgIpc) is 3.21. The minimum Gasteiger partial charge on any atom is -0.444 e. The van der Waals surface area contributed by atoms with Gasteiger partial charge in [0.15, 0.2) is 0 Å². The molecule has 42 heavy (non-hydrogen) atoms. The molecule has 3 fully saturated rings. The number of amides is 4. The summed E-state index contributed by atoms with van der Waals surface area (Å²) >= 11 is 0. The van der Waals surface area contributed by atoms with Crippen molar-refractivity contribution in [1.82, 2.24) is 20.9 Å². The molecule has 1 heterocycles. The van der Waals surface area contributed by atoms with Crippen LogP contribution in [0.5, 0.6) is 0 Å². The van der Waals surface area contributed by atoms with Gasteiger partial charge in [-0.3, -0.25) is 19.2 Å². The molecule has 236 valence electrons. The molecule has 10 nitrogen and oxygen atoms in total. The van der Waals surface area contributed by atoms with Crippen LogP contribution < -0.4 is 16.0 Å². The van der Waals surface area contributed by atoms with Gasteiger partial charge in [-0.15, -0.1) is 6.58 Å². The molecule has 0 aromatic heterocycles. The lowest BCUT2D eigenvalue weighted by atomic mass is 9.83. The van der Waals surface area contributed by atoms with Gasteiger partial charge in [-0.2, -0.15) is 13.2 Å². The maximum absolute atomic E-state index is 14.1. The number of hydrogen-bond donors (Lipinski definition) is 3. The Balaban J connectivity index is 1.88. The quantitative estimate of drug-likeness (QED) is 0.261. The number of alkyl carbamates (subject to hydrolysis) is 1. The summed E-state index contributed by atoms with van der Waals surface area (Å²) in [5.41, 5.74) is -1.19. The molecule has 0 bridgehead atoms. The predicted molar refractivity (Wildman–Crippen MR) is 147 cm³/mol. The third-order valence-corrected chi connectivity index (χ3v) is 8.52. The summed E-state index contributed by atoms with van der Waals surface area (Å²) in [6.45, 7) is 12.3. The van der Waals surface area contributed by atoms with Crippen molar-refractivity contribution in [2.75, 3.05) is 13.1 Å². The Labute approximate surface area is 244 Å². The van der Waals surface area contributed by atoms with Gasteiger partial charge in [0.25, 0.3) is 5.91 Å². The lowest BCUT2D eigenvalue weighted by Crippen LogP contribution is -2.60. The van der Waals surface area contributed by atoms with Crippen molar-refractivity contribution in [3.05, 3.63) is 12.7 Å². The highest BCUT2D eigenvalue weighted by molar-refractivity contribution is 6.38. The van der Waals surface area contributed by atoms with E-state index in [0.29, 0.717) is 12.8 Å². The first-order valence-electron chi connectivity index (χ1n) is 14.5. The topological polar surface area (TPSA) is 134 Å². The Bertz CT molecular complexity index is 1080. The van der Waals surface area contributed by atoms with Crippen LogP contribution in [-0.4, -0.2) is 77.5 Å². The first-order chi connectivity index (χ1) is 19.4. The predicted octanol–water partition coefficient (Wildman–Crippen LogP) is 3.25. The van der Waals surface area contributed by atoms with E-state index in [0.717, 1.165) is 19.3 Å². The van der Waals surface area contributed by atoms with E-state index in [2.05, 4.69) is 22.5 Å². The molecule has 3 rings (SSSR count). The van der Waals surface area contributed by atoms with Crippen LogP contribution in [0, 0.1) is 23.2 Å². The molecule has 0 spiro atoms. The molecule has 5 atom stereocenters. The number of alkyl halides is 3. The van der Waals surface area contributed by atoms with Crippen molar-refractivity contribution in [3.8, 4) is 0 Å². The van der Waals surface area contributed by atoms with Crippen molar-refractivity contribution in [1.29, 1.82) is 0 Å². The van der Waals surface area contributed by atoms with Gasteiger partial charge in [0.1, 0.15) is 23.7 Å². The van der Waals surface area contributed by atoms with Gasteiger partial charge < -0.3 is 25.6 Å². The van der Waals surface area contributed by atoms with Gasteiger partial charge in [-0.05, 0) is 56.8 Å². The van der Waals surface area contributed by atoms with E-state index in [1.54, 1.807) is 20.8 Å². The Morgan fingerprint density at radius 3 is 2.21 bits per heavy atom. The Kier molecular flexibility index (Phi) is 10.0. The van der Waals surface area contributed by atoms with Gasteiger partial charge in [-0.1, -0.05) is 39.2 Å². The van der Waals surface area contributed by atoms with Crippen molar-refractivity contribution < 1.29 is 41.9 Å². The zero-order valence-electron chi connectivity index (χ0n) is 24.9. The third-order valence-electron chi connectivity index (χ3n) is 8.52. The minimum atomic E-state index is -4.86. The number of nitrogens with zero attached hydrogens (tertiary/aromatic N) is 1. The molecule has 1 aliphatic heterocycles. The number of halogens is 3. The van der Waals surface area contributed by atoms with Gasteiger partial charge >= 0.3 is 12.3 Å². The van der Waals surface area contributed by atoms with Crippen molar-refractivity contribution in [2.24, 2.45) is 23.2 Å². The van der Waals surface area contributed by atoms with Gasteiger partial charge in [0, 0.05) is 13.1 Å². The maximum Gasteiger partial charge on any atom is 0.408 e. The fourth-order valence-corrected chi connectivity index (χ4v) is 6.38. The van der Waals surface area contributed by atoms with Crippen LogP contribution in [0.1, 0.15) is 73.1 Å². The summed E-state index contributed by atoms with van der Waals surface area (Å²) in [6, 6.07) is -4.34. The second-order valence-corrected chi connectivity index (χ2v) is 13.2. The molecular formula is C29H43F3N4O6. The Morgan fingerprint density at radius 1 is 1.05 bits per heavy atom. The molecule has 4 amide bonds. The fraction of sp³-hybridized carbons (Fsp3) is 0.759. The minimum absolute atomic E-state index is 0.0987. The van der Waals surface area contributed by atoms with Crippen LogP contribution in [0.2, 0.25) is 0 Å². The first kappa shape index (κ1) is 33.4. The largest absolute Gasteiger partial charge is 0.444 e. The van der Waals surface area contributed by atoms with Crippen LogP contribution >= 0.6 is 0 Å². The fourth-order valence-electron chi connectivity index (χ4n) is 6.38. The van der Waals surface area contributed by atoms with Gasteiger partial charge in [0.2, 0.25) is 17.6 Å². The standard InChI is InChI=1S/C29H43F3N4O6/c1-7-13-33-24(39)22(37)18(14-29(30,31)32)34-23(38)21-19-17(28(19,5)6)15-36(21)25(40)20(16-11-9-8-10-12-16)35-26(41)42-27(2,3)4/h7,16-21H,1,8-15H2,2-6H3,(H,33,39)(H,34,38)(H,35,41)/t17-,18?,19-,20+,21+/m1/s1. The summed E-state index contributed by atoms with van der Waals surface area (Å²) < 4.78 is 45.6. The highest BCUT2D eigenvalue weighted by Gasteiger charge is 2.70. The summed E-state index contributed by atoms with van der Waals surface area (Å²) in [4.78, 5) is 66.6. The van der Waals surface area contributed by atoms with E-state index in [-0.39, 0.29) is 36.3 Å². The molecule has 0 radical (unpaired) electrons. The summed E-state index contributed by atoms with van der Waals surface area (Å²) in [5.74, 6) is -4.87. The Morgan fingerprint density at radius 2 is 1.67 bits per heavy atom. The van der Waals surface area contributed by atoms with Crippen LogP contribution in [0.4, 0.5) is 18.0 Å². The molecule has 0 aromatic carbocycles. The lowest BCUT2D eigenvalue weighted by Gasteiger charge is -2.37. The van der Waals surface area contributed by atoms with Crippen LogP contribution in [0.25, 0.3) is 0 Å². The molecular weight excluding hydrogens is 557 g/mol. The average molecular weight is 601 g/mol. The zero-order chi connectivity index (χ0) is 31.6. The molecule has 2 aliphatic carbocycles. The van der Waals surface area contributed by atoms with Crippen LogP contribution in [0.15, 0.2) is 12.7 Å². The first-order valence-corrected chi connectivity index (χ1v) is 14.5. The lowest BCUT2D eigenvalue weighted by molar-refractivity contribution is -0.155. The number of likely N-dealkylation sites (tertiary alicyclic amines) is 1. The van der Waals surface area contributed by atoms with Crippen molar-refractivity contribution in [2.45, 2.75) is 103 Å². The highest BCUT2D eigenvalue weighted by atomic mass is 19.4. The summed E-state index contributed by atoms with van der Waals surface area (Å²) in [5, 5.41) is 6.99. The molecule has 1 unspecified atom stereocenters. The summed E-state index contributed by atoms with van der Waals surface area (Å²) in [6.07, 6.45) is -2.05. The van der Waals surface area contributed by atoms with E-state index in [9.17, 15) is 37.1 Å². The van der Waals surface area contributed by atoms with E-state index < -0.39 is 65.9 Å². The van der Waals surface area contributed by atoms with E-state index in [4.69, 9.17) is 4.74 Å². The molecule has 3 N–H and O–H groups in total. The second kappa shape index (κ2) is 12.6. The number of nitrogens with one attached hydrogen (secondary N) is 3. The number of ketones is 1. The molecule has 13 heteroatoms. The number of Topliss-reactive ketones (excluding diaryl/α,β-unsaturated/α-hetero) is 1. The molecule has 2 saturated carbocycles. The molecule has 3 aliphatic rings. The number of piperidine rings is 1. The number of rotatable bonds is 10. The van der Waals surface area contributed by atoms with Crippen LogP contribution in [-0.2, 0) is 23.9 Å². The van der Waals surface area contributed by atoms with Crippen LogP contribution in [0.3, 0.4) is 0 Å². The van der Waals surface area contributed by atoms with Gasteiger partial charge in [-0.25, -0.2) is 4.79 Å². The van der Waals surface area contributed by atoms with Crippen molar-refractivity contribution in [3.63, 3.8) is 0 Å². The van der Waals surface area contributed by atoms with E-state index in [1.807, 2.05) is 13.8 Å². The molecule has 1 saturated heterocycles. The molecule has 0 aromatic rings. The number of ether oxygens (including phenoxy) is 1. The number of carbonyl (C=O) groups excluding carboxylic acids is 5. The highest BCUT2D eigenvalue weighted by Crippen LogP contribution is 2.65. The van der Waals surface area contributed by atoms with Gasteiger partial charge in [0.05, 0.1) is 6.42 Å². The maximum atomic E-state index is 14.1. The number of carbonyl (C=O) groups is 5. The number of fused-ring (bicyclic) bond motifs is 1. The smallest absolute Gasteiger partial charge is 0.408 e. The second-order valence-electron chi connectivity index (χ2n) is 13.2. The van der Waals surface area contributed by atoms with E-state index >= 15 is 0 Å². The zero-order valence-corrected chi connectivity index (χ0v) is 24.9. The third kappa shape index (κ3) is 8.03. The van der Waals surface area contributed by atoms with Crippen molar-refractivity contribution >= 4 is 29.6 Å². The normalized spacial score (nSPS) is 25.0.